The zero-order chi connectivity index (χ0) is 15.0. The van der Waals surface area contributed by atoms with Crippen molar-refractivity contribution in [3.8, 4) is 0 Å². The summed E-state index contributed by atoms with van der Waals surface area (Å²) in [4.78, 5) is 12.2. The highest BCUT2D eigenvalue weighted by atomic mass is 28.4. The van der Waals surface area contributed by atoms with Gasteiger partial charge in [0, 0.05) is 18.4 Å². The van der Waals surface area contributed by atoms with Crippen molar-refractivity contribution in [1.29, 1.82) is 0 Å². The lowest BCUT2D eigenvalue weighted by Crippen LogP contribution is -2.45. The van der Waals surface area contributed by atoms with Crippen LogP contribution in [-0.4, -0.2) is 26.4 Å². The molecule has 1 amide bonds. The fraction of sp³-hybridized carbons (Fsp3) is 0.688. The molecule has 20 heavy (non-hydrogen) atoms. The minimum Gasteiger partial charge on any atom is -0.405 e. The highest BCUT2D eigenvalue weighted by Gasteiger charge is 2.44. The molecule has 4 heteroatoms. The van der Waals surface area contributed by atoms with Gasteiger partial charge in [-0.1, -0.05) is 45.1 Å². The van der Waals surface area contributed by atoms with Gasteiger partial charge in [-0.25, -0.2) is 0 Å². The van der Waals surface area contributed by atoms with E-state index in [1.54, 1.807) is 0 Å². The molecular formula is C16H27NO2Si. The van der Waals surface area contributed by atoms with Crippen LogP contribution in [0.15, 0.2) is 24.3 Å². The van der Waals surface area contributed by atoms with Crippen LogP contribution in [0.1, 0.15) is 33.6 Å². The van der Waals surface area contributed by atoms with Crippen molar-refractivity contribution in [2.75, 3.05) is 0 Å². The van der Waals surface area contributed by atoms with E-state index in [0.717, 1.165) is 12.8 Å². The predicted octanol–water partition coefficient (Wildman–Crippen LogP) is 3.40. The lowest BCUT2D eigenvalue weighted by molar-refractivity contribution is -0.125. The van der Waals surface area contributed by atoms with Gasteiger partial charge in [0.2, 0.25) is 5.91 Å². The average molecular weight is 293 g/mol. The highest BCUT2D eigenvalue weighted by Crippen LogP contribution is 2.38. The largest absolute Gasteiger partial charge is 0.405 e. The maximum Gasteiger partial charge on any atom is 0.248 e. The standard InChI is InChI=1S/C16H27NO2Si/c1-16(2,3)20(4,5)19-14-11-13(17-15(14)18)12-9-7-6-8-10-12/h6-9,12-14H,10-11H2,1-5H3,(H,17,18)/t12-,13?,14+/m0/s1. The summed E-state index contributed by atoms with van der Waals surface area (Å²) < 4.78 is 6.28. The van der Waals surface area contributed by atoms with Crippen LogP contribution < -0.4 is 5.32 Å². The van der Waals surface area contributed by atoms with E-state index in [-0.39, 0.29) is 23.1 Å². The molecule has 0 saturated carbocycles. The Hall–Kier alpha value is -0.873. The third-order valence-electron chi connectivity index (χ3n) is 4.86. The van der Waals surface area contributed by atoms with Gasteiger partial charge in [-0.05, 0) is 24.6 Å². The van der Waals surface area contributed by atoms with E-state index in [4.69, 9.17) is 4.43 Å². The second kappa shape index (κ2) is 5.49. The summed E-state index contributed by atoms with van der Waals surface area (Å²) in [5.74, 6) is 0.486. The average Bonchev–Trinajstić information content (AvgIpc) is 2.70. The number of amides is 1. The normalized spacial score (nSPS) is 30.6. The van der Waals surface area contributed by atoms with E-state index >= 15 is 0 Å². The molecule has 1 unspecified atom stereocenters. The van der Waals surface area contributed by atoms with Gasteiger partial charge >= 0.3 is 0 Å². The van der Waals surface area contributed by atoms with Crippen LogP contribution in [0.5, 0.6) is 0 Å². The number of nitrogens with one attached hydrogen (secondary N) is 1. The van der Waals surface area contributed by atoms with Crippen LogP contribution in [0.25, 0.3) is 0 Å². The summed E-state index contributed by atoms with van der Waals surface area (Å²) in [6.07, 6.45) is 10.0. The molecule has 1 N–H and O–H groups in total. The molecule has 1 aliphatic heterocycles. The van der Waals surface area contributed by atoms with Crippen molar-refractivity contribution >= 4 is 14.2 Å². The first kappa shape index (κ1) is 15.5. The number of hydrogen-bond donors (Lipinski definition) is 1. The molecular weight excluding hydrogens is 266 g/mol. The molecule has 0 spiro atoms. The lowest BCUT2D eigenvalue weighted by atomic mass is 9.91. The van der Waals surface area contributed by atoms with Crippen molar-refractivity contribution in [3.63, 3.8) is 0 Å². The van der Waals surface area contributed by atoms with E-state index in [1.807, 2.05) is 0 Å². The highest BCUT2D eigenvalue weighted by molar-refractivity contribution is 6.74. The maximum absolute atomic E-state index is 12.2. The first-order valence-electron chi connectivity index (χ1n) is 7.52. The topological polar surface area (TPSA) is 38.3 Å². The summed E-state index contributed by atoms with van der Waals surface area (Å²) >= 11 is 0. The molecule has 1 heterocycles. The van der Waals surface area contributed by atoms with Crippen molar-refractivity contribution in [3.05, 3.63) is 24.3 Å². The van der Waals surface area contributed by atoms with Crippen LogP contribution >= 0.6 is 0 Å². The van der Waals surface area contributed by atoms with Gasteiger partial charge in [0.05, 0.1) is 0 Å². The Morgan fingerprint density at radius 1 is 1.30 bits per heavy atom. The molecule has 3 atom stereocenters. The van der Waals surface area contributed by atoms with E-state index in [2.05, 4.69) is 63.5 Å². The number of rotatable bonds is 3. The third-order valence-corrected chi connectivity index (χ3v) is 9.35. The summed E-state index contributed by atoms with van der Waals surface area (Å²) in [5.41, 5.74) is 0. The fourth-order valence-electron chi connectivity index (χ4n) is 2.49. The first-order valence-corrected chi connectivity index (χ1v) is 10.4. The number of hydrogen-bond acceptors (Lipinski definition) is 2. The Morgan fingerprint density at radius 3 is 2.55 bits per heavy atom. The van der Waals surface area contributed by atoms with Gasteiger partial charge in [0.15, 0.2) is 8.32 Å². The van der Waals surface area contributed by atoms with Crippen molar-refractivity contribution in [1.82, 2.24) is 5.32 Å². The van der Waals surface area contributed by atoms with Crippen LogP contribution in [0.4, 0.5) is 0 Å². The Balaban J connectivity index is 1.99. The molecule has 1 saturated heterocycles. The van der Waals surface area contributed by atoms with E-state index in [0.29, 0.717) is 5.92 Å². The maximum atomic E-state index is 12.2. The van der Waals surface area contributed by atoms with Gasteiger partial charge in [-0.3, -0.25) is 4.79 Å². The summed E-state index contributed by atoms with van der Waals surface area (Å²) in [7, 11) is -1.88. The molecule has 1 aliphatic carbocycles. The number of carbonyl (C=O) groups is 1. The predicted molar refractivity (Wildman–Crippen MR) is 85.0 cm³/mol. The molecule has 0 aromatic rings. The molecule has 0 bridgehead atoms. The number of allylic oxidation sites excluding steroid dienone is 3. The third kappa shape index (κ3) is 3.23. The van der Waals surface area contributed by atoms with Crippen LogP contribution in [0.3, 0.4) is 0 Å². The molecule has 2 aliphatic rings. The van der Waals surface area contributed by atoms with Gasteiger partial charge in [-0.2, -0.15) is 0 Å². The smallest absolute Gasteiger partial charge is 0.248 e. The first-order chi connectivity index (χ1) is 9.21. The molecule has 0 aromatic carbocycles. The quantitative estimate of drug-likeness (QED) is 0.810. The summed E-state index contributed by atoms with van der Waals surface area (Å²) in [6.45, 7) is 11.0. The van der Waals surface area contributed by atoms with Gasteiger partial charge in [0.1, 0.15) is 6.10 Å². The van der Waals surface area contributed by atoms with Crippen molar-refractivity contribution < 1.29 is 9.22 Å². The van der Waals surface area contributed by atoms with E-state index in [9.17, 15) is 4.79 Å². The Morgan fingerprint density at radius 2 is 2.00 bits per heavy atom. The van der Waals surface area contributed by atoms with Crippen LogP contribution in [-0.2, 0) is 9.22 Å². The zero-order valence-corrected chi connectivity index (χ0v) is 14.3. The van der Waals surface area contributed by atoms with Gasteiger partial charge in [0.25, 0.3) is 0 Å². The second-order valence-electron chi connectivity index (χ2n) is 7.43. The number of carbonyl (C=O) groups excluding carboxylic acids is 1. The zero-order valence-electron chi connectivity index (χ0n) is 13.3. The fourth-order valence-corrected chi connectivity index (χ4v) is 3.75. The molecule has 0 aromatic heterocycles. The summed E-state index contributed by atoms with van der Waals surface area (Å²) in [6, 6.07) is 0.221. The molecule has 1 fully saturated rings. The molecule has 0 radical (unpaired) electrons. The minimum atomic E-state index is -1.88. The van der Waals surface area contributed by atoms with E-state index < -0.39 is 8.32 Å². The van der Waals surface area contributed by atoms with Gasteiger partial charge < -0.3 is 9.74 Å². The Bertz CT molecular complexity index is 434. The molecule has 112 valence electrons. The van der Waals surface area contributed by atoms with Crippen LogP contribution in [0, 0.1) is 5.92 Å². The Kier molecular flexibility index (Phi) is 4.26. The Labute approximate surface area is 123 Å². The minimum absolute atomic E-state index is 0.0720. The molecule has 2 rings (SSSR count). The second-order valence-corrected chi connectivity index (χ2v) is 12.2. The van der Waals surface area contributed by atoms with E-state index in [1.165, 1.54) is 0 Å². The lowest BCUT2D eigenvalue weighted by Gasteiger charge is -2.37. The van der Waals surface area contributed by atoms with Gasteiger partial charge in [-0.15, -0.1) is 0 Å². The van der Waals surface area contributed by atoms with Crippen molar-refractivity contribution in [2.45, 2.75) is 63.9 Å². The summed E-state index contributed by atoms with van der Waals surface area (Å²) in [5, 5.41) is 3.26. The SMILES string of the molecule is CC(C)(C)[Si](C)(C)O[C@@H]1CC([C@H]2C=CC=CC2)NC1=O. The molecule has 3 nitrogen and oxygen atoms in total. The van der Waals surface area contributed by atoms with Crippen molar-refractivity contribution in [2.24, 2.45) is 5.92 Å². The monoisotopic (exact) mass is 293 g/mol. The van der Waals surface area contributed by atoms with Crippen LogP contribution in [0.2, 0.25) is 18.1 Å².